The van der Waals surface area contributed by atoms with E-state index >= 15 is 0 Å². The van der Waals surface area contributed by atoms with Crippen molar-refractivity contribution in [1.29, 1.82) is 0 Å². The van der Waals surface area contributed by atoms with Crippen LogP contribution in [0.1, 0.15) is 37.0 Å². The van der Waals surface area contributed by atoms with Gasteiger partial charge in [-0.2, -0.15) is 0 Å². The molecule has 1 atom stereocenters. The summed E-state index contributed by atoms with van der Waals surface area (Å²) in [7, 11) is 0. The highest BCUT2D eigenvalue weighted by Crippen LogP contribution is 2.25. The zero-order valence-corrected chi connectivity index (χ0v) is 11.7. The van der Waals surface area contributed by atoms with Crippen LogP contribution in [-0.2, 0) is 0 Å². The first-order chi connectivity index (χ1) is 7.93. The van der Waals surface area contributed by atoms with Crippen molar-refractivity contribution in [3.05, 3.63) is 28.8 Å². The largest absolute Gasteiger partial charge is 0.493 e. The lowest BCUT2D eigenvalue weighted by molar-refractivity contribution is 0.279. The monoisotopic (exact) mass is 235 g/mol. The topological polar surface area (TPSA) is 35.2 Å². The van der Waals surface area contributed by atoms with Gasteiger partial charge in [-0.05, 0) is 49.8 Å². The average Bonchev–Trinajstić information content (AvgIpc) is 2.28. The molecule has 2 N–H and O–H groups in total. The summed E-state index contributed by atoms with van der Waals surface area (Å²) in [5, 5.41) is 0. The molecule has 0 saturated carbocycles. The van der Waals surface area contributed by atoms with Gasteiger partial charge in [0.25, 0.3) is 0 Å². The predicted molar refractivity (Wildman–Crippen MR) is 73.6 cm³/mol. The summed E-state index contributed by atoms with van der Waals surface area (Å²) in [5.74, 6) is 1.54. The van der Waals surface area contributed by atoms with Gasteiger partial charge in [-0.1, -0.05) is 26.0 Å². The Hall–Kier alpha value is -1.02. The molecule has 1 aromatic rings. The van der Waals surface area contributed by atoms with E-state index in [1.807, 2.05) is 0 Å². The Balaban J connectivity index is 2.61. The van der Waals surface area contributed by atoms with Crippen LogP contribution in [0.15, 0.2) is 12.1 Å². The molecule has 0 fully saturated rings. The van der Waals surface area contributed by atoms with Gasteiger partial charge in [0.05, 0.1) is 6.61 Å². The van der Waals surface area contributed by atoms with E-state index in [0.717, 1.165) is 12.2 Å². The second kappa shape index (κ2) is 6.06. The van der Waals surface area contributed by atoms with Gasteiger partial charge in [0.1, 0.15) is 5.75 Å². The maximum atomic E-state index is 6.01. The number of aryl methyl sites for hydroxylation is 2. The van der Waals surface area contributed by atoms with Gasteiger partial charge in [0.15, 0.2) is 0 Å². The lowest BCUT2D eigenvalue weighted by Gasteiger charge is -2.18. The molecule has 0 heterocycles. The van der Waals surface area contributed by atoms with E-state index < -0.39 is 0 Å². The van der Waals surface area contributed by atoms with Gasteiger partial charge in [-0.15, -0.1) is 0 Å². The lowest BCUT2D eigenvalue weighted by Crippen LogP contribution is -2.28. The number of hydrogen-bond donors (Lipinski definition) is 1. The highest BCUT2D eigenvalue weighted by atomic mass is 16.5. The zero-order valence-electron chi connectivity index (χ0n) is 11.7. The van der Waals surface area contributed by atoms with E-state index in [0.29, 0.717) is 12.5 Å². The number of rotatable bonds is 5. The summed E-state index contributed by atoms with van der Waals surface area (Å²) in [6.45, 7) is 11.3. The Morgan fingerprint density at radius 1 is 1.12 bits per heavy atom. The molecule has 96 valence electrons. The average molecular weight is 235 g/mol. The fraction of sp³-hybridized carbons (Fsp3) is 0.600. The van der Waals surface area contributed by atoms with Crippen LogP contribution in [0.2, 0.25) is 0 Å². The highest BCUT2D eigenvalue weighted by Gasteiger charge is 2.10. The molecule has 1 unspecified atom stereocenters. The first-order valence-electron chi connectivity index (χ1n) is 6.38. The van der Waals surface area contributed by atoms with Crippen molar-refractivity contribution in [2.75, 3.05) is 6.61 Å². The first kappa shape index (κ1) is 14.0. The van der Waals surface area contributed by atoms with E-state index in [1.54, 1.807) is 0 Å². The summed E-state index contributed by atoms with van der Waals surface area (Å²) in [6.07, 6.45) is 0.907. The van der Waals surface area contributed by atoms with E-state index in [4.69, 9.17) is 10.5 Å². The molecule has 17 heavy (non-hydrogen) atoms. The van der Waals surface area contributed by atoms with Gasteiger partial charge >= 0.3 is 0 Å². The van der Waals surface area contributed by atoms with Crippen molar-refractivity contribution in [3.8, 4) is 5.75 Å². The standard InChI is InChI=1S/C15H25NO/c1-10(2)14(16)8-9-17-15-12(4)7-6-11(3)13(15)5/h6-7,10,14H,8-9,16H2,1-5H3. The molecule has 0 aliphatic carbocycles. The summed E-state index contributed by atoms with van der Waals surface area (Å²) in [4.78, 5) is 0. The molecule has 0 spiro atoms. The Labute approximate surface area is 105 Å². The maximum absolute atomic E-state index is 6.01. The predicted octanol–water partition coefficient (Wildman–Crippen LogP) is 3.36. The molecular formula is C15H25NO. The van der Waals surface area contributed by atoms with E-state index in [-0.39, 0.29) is 6.04 Å². The van der Waals surface area contributed by atoms with Crippen molar-refractivity contribution in [3.63, 3.8) is 0 Å². The lowest BCUT2D eigenvalue weighted by atomic mass is 10.0. The number of hydrogen-bond acceptors (Lipinski definition) is 2. The Bertz CT molecular complexity index is 371. The second-order valence-electron chi connectivity index (χ2n) is 5.20. The van der Waals surface area contributed by atoms with Crippen molar-refractivity contribution in [2.45, 2.75) is 47.1 Å². The maximum Gasteiger partial charge on any atom is 0.125 e. The van der Waals surface area contributed by atoms with Crippen LogP contribution < -0.4 is 10.5 Å². The minimum absolute atomic E-state index is 0.223. The molecule has 0 saturated heterocycles. The summed E-state index contributed by atoms with van der Waals surface area (Å²) in [5.41, 5.74) is 9.72. The SMILES string of the molecule is Cc1ccc(C)c(OCCC(N)C(C)C)c1C. The van der Waals surface area contributed by atoms with Crippen LogP contribution in [0.3, 0.4) is 0 Å². The molecule has 0 amide bonds. The van der Waals surface area contributed by atoms with Crippen LogP contribution in [0.4, 0.5) is 0 Å². The first-order valence-corrected chi connectivity index (χ1v) is 6.38. The molecule has 0 radical (unpaired) electrons. The fourth-order valence-electron chi connectivity index (χ4n) is 1.78. The van der Waals surface area contributed by atoms with Crippen LogP contribution in [0.5, 0.6) is 5.75 Å². The van der Waals surface area contributed by atoms with Crippen LogP contribution in [0, 0.1) is 26.7 Å². The van der Waals surface area contributed by atoms with Crippen LogP contribution >= 0.6 is 0 Å². The summed E-state index contributed by atoms with van der Waals surface area (Å²) in [6, 6.07) is 4.47. The molecule has 0 aliphatic rings. The van der Waals surface area contributed by atoms with Gasteiger partial charge < -0.3 is 10.5 Å². The molecule has 1 aromatic carbocycles. The molecule has 0 aromatic heterocycles. The number of ether oxygens (including phenoxy) is 1. The van der Waals surface area contributed by atoms with Crippen molar-refractivity contribution in [1.82, 2.24) is 0 Å². The quantitative estimate of drug-likeness (QED) is 0.849. The van der Waals surface area contributed by atoms with Crippen molar-refractivity contribution < 1.29 is 4.74 Å². The number of benzene rings is 1. The smallest absolute Gasteiger partial charge is 0.125 e. The van der Waals surface area contributed by atoms with E-state index in [2.05, 4.69) is 46.8 Å². The molecule has 0 bridgehead atoms. The molecule has 2 nitrogen and oxygen atoms in total. The Morgan fingerprint density at radius 2 is 1.71 bits per heavy atom. The van der Waals surface area contributed by atoms with Crippen LogP contribution in [-0.4, -0.2) is 12.6 Å². The summed E-state index contributed by atoms with van der Waals surface area (Å²) >= 11 is 0. The van der Waals surface area contributed by atoms with Gasteiger partial charge in [0.2, 0.25) is 0 Å². The van der Waals surface area contributed by atoms with Gasteiger partial charge in [-0.25, -0.2) is 0 Å². The minimum atomic E-state index is 0.223. The summed E-state index contributed by atoms with van der Waals surface area (Å²) < 4.78 is 5.89. The third-order valence-electron chi connectivity index (χ3n) is 3.43. The number of nitrogens with two attached hydrogens (primary N) is 1. The van der Waals surface area contributed by atoms with Crippen LogP contribution in [0.25, 0.3) is 0 Å². The third-order valence-corrected chi connectivity index (χ3v) is 3.43. The second-order valence-corrected chi connectivity index (χ2v) is 5.20. The van der Waals surface area contributed by atoms with Crippen molar-refractivity contribution in [2.24, 2.45) is 11.7 Å². The Kier molecular flexibility index (Phi) is 5.01. The third kappa shape index (κ3) is 3.74. The molecule has 1 rings (SSSR count). The van der Waals surface area contributed by atoms with E-state index in [1.165, 1.54) is 16.7 Å². The molecular weight excluding hydrogens is 210 g/mol. The van der Waals surface area contributed by atoms with Gasteiger partial charge in [0, 0.05) is 6.04 Å². The van der Waals surface area contributed by atoms with Gasteiger partial charge in [-0.3, -0.25) is 0 Å². The molecule has 2 heteroatoms. The zero-order chi connectivity index (χ0) is 13.0. The fourth-order valence-corrected chi connectivity index (χ4v) is 1.78. The Morgan fingerprint density at radius 3 is 2.29 bits per heavy atom. The normalized spacial score (nSPS) is 12.9. The van der Waals surface area contributed by atoms with Crippen molar-refractivity contribution >= 4 is 0 Å². The molecule has 0 aliphatic heterocycles. The minimum Gasteiger partial charge on any atom is -0.493 e. The van der Waals surface area contributed by atoms with E-state index in [9.17, 15) is 0 Å². The highest BCUT2D eigenvalue weighted by molar-refractivity contribution is 5.44.